The van der Waals surface area contributed by atoms with Gasteiger partial charge in [0.15, 0.2) is 0 Å². The van der Waals surface area contributed by atoms with Crippen molar-refractivity contribution in [2.24, 2.45) is 0 Å². The van der Waals surface area contributed by atoms with E-state index in [0.29, 0.717) is 11.6 Å². The minimum atomic E-state index is -0.444. The molecule has 0 aliphatic carbocycles. The van der Waals surface area contributed by atoms with Crippen molar-refractivity contribution in [1.82, 2.24) is 5.32 Å². The number of halogens is 1. The van der Waals surface area contributed by atoms with Crippen LogP contribution in [-0.2, 0) is 4.74 Å². The average molecular weight is 298 g/mol. The number of esters is 1. The van der Waals surface area contributed by atoms with Crippen molar-refractivity contribution in [3.8, 4) is 0 Å². The van der Waals surface area contributed by atoms with E-state index < -0.39 is 5.60 Å². The van der Waals surface area contributed by atoms with Gasteiger partial charge in [0.05, 0.1) is 5.56 Å². The molecular formula is C16H24ClNO2. The fourth-order valence-corrected chi connectivity index (χ4v) is 2.32. The predicted molar refractivity (Wildman–Crippen MR) is 83.5 cm³/mol. The zero-order chi connectivity index (χ0) is 13.9. The molecule has 1 saturated heterocycles. The monoisotopic (exact) mass is 297 g/mol. The molecular weight excluding hydrogens is 274 g/mol. The van der Waals surface area contributed by atoms with E-state index in [4.69, 9.17) is 4.74 Å². The third-order valence-corrected chi connectivity index (χ3v) is 3.26. The maximum atomic E-state index is 11.9. The van der Waals surface area contributed by atoms with Crippen LogP contribution in [0.25, 0.3) is 0 Å². The SMILES string of the molecule is CC(C)(C)OC(=O)c1ccc(C2CCCCN2)cc1.Cl. The van der Waals surface area contributed by atoms with Crippen LogP contribution in [0.3, 0.4) is 0 Å². The van der Waals surface area contributed by atoms with Crippen LogP contribution < -0.4 is 5.32 Å². The van der Waals surface area contributed by atoms with Crippen LogP contribution in [0.2, 0.25) is 0 Å². The van der Waals surface area contributed by atoms with E-state index in [-0.39, 0.29) is 18.4 Å². The third kappa shape index (κ3) is 4.80. The molecule has 0 saturated carbocycles. The van der Waals surface area contributed by atoms with Gasteiger partial charge in [0.2, 0.25) is 0 Å². The van der Waals surface area contributed by atoms with Crippen molar-refractivity contribution in [3.05, 3.63) is 35.4 Å². The van der Waals surface area contributed by atoms with Gasteiger partial charge in [-0.2, -0.15) is 0 Å². The standard InChI is InChI=1S/C16H23NO2.ClH/c1-16(2,3)19-15(18)13-9-7-12(8-10-13)14-6-4-5-11-17-14;/h7-10,14,17H,4-6,11H2,1-3H3;1H. The van der Waals surface area contributed by atoms with Crippen LogP contribution in [0.4, 0.5) is 0 Å². The topological polar surface area (TPSA) is 38.3 Å². The van der Waals surface area contributed by atoms with E-state index in [0.717, 1.165) is 6.54 Å². The second-order valence-corrected chi connectivity index (χ2v) is 6.13. The van der Waals surface area contributed by atoms with E-state index in [1.54, 1.807) is 0 Å². The van der Waals surface area contributed by atoms with Crippen LogP contribution in [0.15, 0.2) is 24.3 Å². The Morgan fingerprint density at radius 2 is 1.85 bits per heavy atom. The maximum absolute atomic E-state index is 11.9. The minimum Gasteiger partial charge on any atom is -0.456 e. The number of hydrogen-bond acceptors (Lipinski definition) is 3. The molecule has 0 amide bonds. The molecule has 0 aromatic heterocycles. The molecule has 3 nitrogen and oxygen atoms in total. The molecule has 2 rings (SSSR count). The summed E-state index contributed by atoms with van der Waals surface area (Å²) in [5.41, 5.74) is 1.43. The molecule has 1 aliphatic rings. The minimum absolute atomic E-state index is 0. The van der Waals surface area contributed by atoms with Gasteiger partial charge in [-0.25, -0.2) is 4.79 Å². The summed E-state index contributed by atoms with van der Waals surface area (Å²) in [5.74, 6) is -0.254. The largest absolute Gasteiger partial charge is 0.456 e. The number of hydrogen-bond donors (Lipinski definition) is 1. The molecule has 1 N–H and O–H groups in total. The molecule has 1 atom stereocenters. The van der Waals surface area contributed by atoms with Crippen molar-refractivity contribution in [3.63, 3.8) is 0 Å². The molecule has 1 aromatic carbocycles. The van der Waals surface area contributed by atoms with Crippen LogP contribution in [0, 0.1) is 0 Å². The van der Waals surface area contributed by atoms with Crippen molar-refractivity contribution in [1.29, 1.82) is 0 Å². The van der Waals surface area contributed by atoms with Gasteiger partial charge < -0.3 is 10.1 Å². The maximum Gasteiger partial charge on any atom is 0.338 e. The lowest BCUT2D eigenvalue weighted by atomic mass is 9.97. The molecule has 20 heavy (non-hydrogen) atoms. The zero-order valence-corrected chi connectivity index (χ0v) is 13.3. The normalized spacial score (nSPS) is 19.1. The van der Waals surface area contributed by atoms with Gasteiger partial charge >= 0.3 is 5.97 Å². The molecule has 0 bridgehead atoms. The highest BCUT2D eigenvalue weighted by Gasteiger charge is 2.19. The van der Waals surface area contributed by atoms with Crippen molar-refractivity contribution in [2.75, 3.05) is 6.54 Å². The van der Waals surface area contributed by atoms with Crippen molar-refractivity contribution >= 4 is 18.4 Å². The Bertz CT molecular complexity index is 431. The second kappa shape index (κ2) is 7.09. The van der Waals surface area contributed by atoms with Crippen LogP contribution in [0.5, 0.6) is 0 Å². The van der Waals surface area contributed by atoms with Gasteiger partial charge in [-0.05, 0) is 57.9 Å². The summed E-state index contributed by atoms with van der Waals surface area (Å²) >= 11 is 0. The first kappa shape index (κ1) is 17.0. The molecule has 1 heterocycles. The van der Waals surface area contributed by atoms with Crippen molar-refractivity contribution in [2.45, 2.75) is 51.7 Å². The lowest BCUT2D eigenvalue weighted by Crippen LogP contribution is -2.27. The highest BCUT2D eigenvalue weighted by Crippen LogP contribution is 2.23. The van der Waals surface area contributed by atoms with Crippen LogP contribution in [-0.4, -0.2) is 18.1 Å². The number of piperidine rings is 1. The molecule has 1 aliphatic heterocycles. The molecule has 112 valence electrons. The van der Waals surface area contributed by atoms with E-state index in [2.05, 4.69) is 5.32 Å². The summed E-state index contributed by atoms with van der Waals surface area (Å²) in [4.78, 5) is 11.9. The fraction of sp³-hybridized carbons (Fsp3) is 0.562. The Morgan fingerprint density at radius 1 is 1.20 bits per heavy atom. The Hall–Kier alpha value is -1.06. The smallest absolute Gasteiger partial charge is 0.338 e. The molecule has 0 spiro atoms. The Balaban J connectivity index is 0.00000200. The van der Waals surface area contributed by atoms with Gasteiger partial charge in [0, 0.05) is 6.04 Å². The second-order valence-electron chi connectivity index (χ2n) is 6.13. The molecule has 1 unspecified atom stereocenters. The highest BCUT2D eigenvalue weighted by molar-refractivity contribution is 5.89. The zero-order valence-electron chi connectivity index (χ0n) is 12.4. The Labute approximate surface area is 127 Å². The number of rotatable bonds is 2. The average Bonchev–Trinajstić information content (AvgIpc) is 2.38. The Morgan fingerprint density at radius 3 is 2.35 bits per heavy atom. The van der Waals surface area contributed by atoms with Crippen LogP contribution in [0.1, 0.15) is 62.0 Å². The summed E-state index contributed by atoms with van der Waals surface area (Å²) in [6.45, 7) is 6.72. The number of benzene rings is 1. The lowest BCUT2D eigenvalue weighted by Gasteiger charge is -2.24. The first-order valence-corrected chi connectivity index (χ1v) is 7.02. The number of carbonyl (C=O) groups excluding carboxylic acids is 1. The first-order valence-electron chi connectivity index (χ1n) is 7.02. The van der Waals surface area contributed by atoms with E-state index in [1.165, 1.54) is 24.8 Å². The molecule has 1 fully saturated rings. The lowest BCUT2D eigenvalue weighted by molar-refractivity contribution is 0.00695. The van der Waals surface area contributed by atoms with E-state index >= 15 is 0 Å². The van der Waals surface area contributed by atoms with Gasteiger partial charge in [-0.3, -0.25) is 0 Å². The highest BCUT2D eigenvalue weighted by atomic mass is 35.5. The van der Waals surface area contributed by atoms with Gasteiger partial charge in [0.25, 0.3) is 0 Å². The summed E-state index contributed by atoms with van der Waals surface area (Å²) in [5, 5.41) is 3.51. The summed E-state index contributed by atoms with van der Waals surface area (Å²) in [6, 6.07) is 8.21. The summed E-state index contributed by atoms with van der Waals surface area (Å²) < 4.78 is 5.35. The van der Waals surface area contributed by atoms with Gasteiger partial charge in [-0.1, -0.05) is 18.6 Å². The predicted octanol–water partition coefficient (Wildman–Crippen LogP) is 3.88. The Kier molecular flexibility index (Phi) is 6.03. The van der Waals surface area contributed by atoms with Gasteiger partial charge in [0.1, 0.15) is 5.60 Å². The molecule has 1 aromatic rings. The van der Waals surface area contributed by atoms with Crippen LogP contribution >= 0.6 is 12.4 Å². The van der Waals surface area contributed by atoms with Gasteiger partial charge in [-0.15, -0.1) is 12.4 Å². The molecule has 4 heteroatoms. The number of nitrogens with one attached hydrogen (secondary N) is 1. The fourth-order valence-electron chi connectivity index (χ4n) is 2.32. The third-order valence-electron chi connectivity index (χ3n) is 3.26. The van der Waals surface area contributed by atoms with E-state index in [9.17, 15) is 4.79 Å². The summed E-state index contributed by atoms with van der Waals surface area (Å²) in [6.07, 6.45) is 3.70. The quantitative estimate of drug-likeness (QED) is 0.842. The summed E-state index contributed by atoms with van der Waals surface area (Å²) in [7, 11) is 0. The molecule has 0 radical (unpaired) electrons. The first-order chi connectivity index (χ1) is 8.96. The number of carbonyl (C=O) groups is 1. The number of ether oxygens (including phenoxy) is 1. The van der Waals surface area contributed by atoms with Crippen molar-refractivity contribution < 1.29 is 9.53 Å². The van der Waals surface area contributed by atoms with E-state index in [1.807, 2.05) is 45.0 Å².